The zero-order chi connectivity index (χ0) is 14.6. The average molecular weight is 318 g/mol. The van der Waals surface area contributed by atoms with Crippen LogP contribution in [0.2, 0.25) is 0 Å². The number of thiazole rings is 1. The van der Waals surface area contributed by atoms with Gasteiger partial charge < -0.3 is 5.32 Å². The number of halogens is 3. The quantitative estimate of drug-likeness (QED) is 0.788. The third kappa shape index (κ3) is 4.42. The molecule has 108 valence electrons. The van der Waals surface area contributed by atoms with Gasteiger partial charge in [-0.15, -0.1) is 23.1 Å². The maximum Gasteiger partial charge on any atom is 0.398 e. The van der Waals surface area contributed by atoms with Crippen LogP contribution in [-0.2, 0) is 0 Å². The number of hydrogen-bond donors (Lipinski definition) is 1. The fourth-order valence-corrected chi connectivity index (χ4v) is 3.04. The molecule has 1 atom stereocenters. The SMILES string of the molecule is CC(Nc1ccccc1SCC(F)(F)F)c1nccs1. The molecule has 0 aliphatic heterocycles. The Labute approximate surface area is 123 Å². The highest BCUT2D eigenvalue weighted by molar-refractivity contribution is 7.99. The van der Waals surface area contributed by atoms with E-state index < -0.39 is 11.9 Å². The van der Waals surface area contributed by atoms with Gasteiger partial charge in [-0.3, -0.25) is 0 Å². The predicted molar refractivity (Wildman–Crippen MR) is 77.4 cm³/mol. The molecular formula is C13H13F3N2S2. The summed E-state index contributed by atoms with van der Waals surface area (Å²) in [6.45, 7) is 1.93. The summed E-state index contributed by atoms with van der Waals surface area (Å²) in [6, 6.07) is 6.96. The number of nitrogens with one attached hydrogen (secondary N) is 1. The number of hydrogen-bond acceptors (Lipinski definition) is 4. The Kier molecular flexibility index (Phi) is 4.93. The molecule has 0 saturated heterocycles. The minimum Gasteiger partial charge on any atom is -0.375 e. The molecule has 7 heteroatoms. The first-order valence-electron chi connectivity index (χ1n) is 5.90. The highest BCUT2D eigenvalue weighted by Gasteiger charge is 2.27. The van der Waals surface area contributed by atoms with Gasteiger partial charge in [-0.2, -0.15) is 13.2 Å². The number of nitrogens with zero attached hydrogens (tertiary/aromatic N) is 1. The number of rotatable bonds is 5. The van der Waals surface area contributed by atoms with E-state index in [9.17, 15) is 13.2 Å². The van der Waals surface area contributed by atoms with E-state index in [1.54, 1.807) is 30.5 Å². The minimum absolute atomic E-state index is 0.0392. The Morgan fingerprint density at radius 2 is 2.10 bits per heavy atom. The van der Waals surface area contributed by atoms with E-state index in [4.69, 9.17) is 0 Å². The van der Waals surface area contributed by atoms with Gasteiger partial charge in [0.15, 0.2) is 0 Å². The molecule has 0 radical (unpaired) electrons. The van der Waals surface area contributed by atoms with E-state index in [1.165, 1.54) is 11.3 Å². The van der Waals surface area contributed by atoms with E-state index in [-0.39, 0.29) is 6.04 Å². The third-order valence-corrected chi connectivity index (χ3v) is 4.57. The summed E-state index contributed by atoms with van der Waals surface area (Å²) in [6.07, 6.45) is -2.46. The van der Waals surface area contributed by atoms with Crippen LogP contribution in [0.3, 0.4) is 0 Å². The first-order valence-corrected chi connectivity index (χ1v) is 7.77. The molecule has 1 aromatic heterocycles. The summed E-state index contributed by atoms with van der Waals surface area (Å²) in [5, 5.41) is 5.99. The highest BCUT2D eigenvalue weighted by Crippen LogP contribution is 2.33. The molecular weight excluding hydrogens is 305 g/mol. The molecule has 0 fully saturated rings. The third-order valence-electron chi connectivity index (χ3n) is 2.47. The first kappa shape index (κ1) is 15.2. The van der Waals surface area contributed by atoms with Crippen LogP contribution in [0.15, 0.2) is 40.7 Å². The molecule has 0 saturated carbocycles. The van der Waals surface area contributed by atoms with Gasteiger partial charge in [0.2, 0.25) is 0 Å². The fourth-order valence-electron chi connectivity index (χ4n) is 1.61. The minimum atomic E-state index is -4.17. The van der Waals surface area contributed by atoms with Crippen molar-refractivity contribution in [2.24, 2.45) is 0 Å². The Morgan fingerprint density at radius 3 is 2.75 bits per heavy atom. The van der Waals surface area contributed by atoms with Crippen LogP contribution in [0.5, 0.6) is 0 Å². The summed E-state index contributed by atoms with van der Waals surface area (Å²) in [4.78, 5) is 4.79. The number of benzene rings is 1. The zero-order valence-corrected chi connectivity index (χ0v) is 12.3. The predicted octanol–water partition coefficient (Wildman–Crippen LogP) is 4.97. The zero-order valence-electron chi connectivity index (χ0n) is 10.6. The van der Waals surface area contributed by atoms with Crippen molar-refractivity contribution in [2.75, 3.05) is 11.1 Å². The van der Waals surface area contributed by atoms with Gasteiger partial charge in [0, 0.05) is 22.2 Å². The monoisotopic (exact) mass is 318 g/mol. The number of thioether (sulfide) groups is 1. The maximum atomic E-state index is 12.3. The Balaban J connectivity index is 2.08. The fraction of sp³-hybridized carbons (Fsp3) is 0.308. The van der Waals surface area contributed by atoms with Crippen LogP contribution in [0, 0.1) is 0 Å². The summed E-state index contributed by atoms with van der Waals surface area (Å²) in [5.74, 6) is -0.892. The van der Waals surface area contributed by atoms with Crippen LogP contribution in [0.25, 0.3) is 0 Å². The van der Waals surface area contributed by atoms with Gasteiger partial charge in [-0.1, -0.05) is 12.1 Å². The molecule has 2 nitrogen and oxygen atoms in total. The Morgan fingerprint density at radius 1 is 1.35 bits per heavy atom. The van der Waals surface area contributed by atoms with E-state index in [1.807, 2.05) is 12.3 Å². The molecule has 0 aliphatic rings. The van der Waals surface area contributed by atoms with E-state index in [0.717, 1.165) is 16.8 Å². The summed E-state index contributed by atoms with van der Waals surface area (Å²) < 4.78 is 36.9. The number of alkyl halides is 3. The maximum absolute atomic E-state index is 12.3. The first-order chi connectivity index (χ1) is 9.46. The lowest BCUT2D eigenvalue weighted by molar-refractivity contribution is -0.105. The van der Waals surface area contributed by atoms with Gasteiger partial charge >= 0.3 is 6.18 Å². The second-order valence-electron chi connectivity index (χ2n) is 4.14. The van der Waals surface area contributed by atoms with Crippen molar-refractivity contribution >= 4 is 28.8 Å². The second-order valence-corrected chi connectivity index (χ2v) is 6.08. The molecule has 2 rings (SSSR count). The van der Waals surface area contributed by atoms with Crippen LogP contribution < -0.4 is 5.32 Å². The second kappa shape index (κ2) is 6.49. The molecule has 0 spiro atoms. The Hall–Kier alpha value is -1.21. The molecule has 2 aromatic rings. The molecule has 1 N–H and O–H groups in total. The van der Waals surface area contributed by atoms with Crippen LogP contribution in [-0.4, -0.2) is 16.9 Å². The molecule has 0 amide bonds. The molecule has 1 unspecified atom stereocenters. The molecule has 20 heavy (non-hydrogen) atoms. The Bertz CT molecular complexity index is 541. The van der Waals surface area contributed by atoms with Crippen molar-refractivity contribution in [3.05, 3.63) is 40.8 Å². The van der Waals surface area contributed by atoms with Crippen LogP contribution >= 0.6 is 23.1 Å². The van der Waals surface area contributed by atoms with Gasteiger partial charge in [-0.05, 0) is 19.1 Å². The molecule has 1 heterocycles. The lowest BCUT2D eigenvalue weighted by atomic mass is 10.2. The van der Waals surface area contributed by atoms with Gasteiger partial charge in [0.25, 0.3) is 0 Å². The standard InChI is InChI=1S/C13H13F3N2S2/c1-9(12-17-6-7-19-12)18-10-4-2-3-5-11(10)20-8-13(14,15)16/h2-7,9,18H,8H2,1H3. The van der Waals surface area contributed by atoms with Gasteiger partial charge in [-0.25, -0.2) is 4.98 Å². The van der Waals surface area contributed by atoms with Crippen LogP contribution in [0.4, 0.5) is 18.9 Å². The lowest BCUT2D eigenvalue weighted by Crippen LogP contribution is -2.11. The molecule has 0 aliphatic carbocycles. The van der Waals surface area contributed by atoms with Crippen molar-refractivity contribution in [3.8, 4) is 0 Å². The molecule has 1 aromatic carbocycles. The largest absolute Gasteiger partial charge is 0.398 e. The topological polar surface area (TPSA) is 24.9 Å². The number of aromatic nitrogens is 1. The number of anilines is 1. The van der Waals surface area contributed by atoms with Crippen molar-refractivity contribution in [1.29, 1.82) is 0 Å². The summed E-state index contributed by atoms with van der Waals surface area (Å²) in [5.41, 5.74) is 0.699. The van der Waals surface area contributed by atoms with E-state index in [0.29, 0.717) is 10.6 Å². The summed E-state index contributed by atoms with van der Waals surface area (Å²) >= 11 is 2.30. The summed E-state index contributed by atoms with van der Waals surface area (Å²) in [7, 11) is 0. The smallest absolute Gasteiger partial charge is 0.375 e. The number of para-hydroxylation sites is 1. The van der Waals surface area contributed by atoms with Crippen molar-refractivity contribution in [2.45, 2.75) is 24.0 Å². The van der Waals surface area contributed by atoms with Crippen LogP contribution in [0.1, 0.15) is 18.0 Å². The normalized spacial score (nSPS) is 13.2. The van der Waals surface area contributed by atoms with Crippen molar-refractivity contribution in [1.82, 2.24) is 4.98 Å². The molecule has 0 bridgehead atoms. The van der Waals surface area contributed by atoms with E-state index >= 15 is 0 Å². The lowest BCUT2D eigenvalue weighted by Gasteiger charge is -2.16. The van der Waals surface area contributed by atoms with Crippen molar-refractivity contribution < 1.29 is 13.2 Å². The van der Waals surface area contributed by atoms with Crippen molar-refractivity contribution in [3.63, 3.8) is 0 Å². The van der Waals surface area contributed by atoms with Gasteiger partial charge in [0.1, 0.15) is 5.01 Å². The van der Waals surface area contributed by atoms with Gasteiger partial charge in [0.05, 0.1) is 11.8 Å². The average Bonchev–Trinajstić information content (AvgIpc) is 2.90. The highest BCUT2D eigenvalue weighted by atomic mass is 32.2. The van der Waals surface area contributed by atoms with E-state index in [2.05, 4.69) is 10.3 Å².